The van der Waals surface area contributed by atoms with Crippen LogP contribution in [0.15, 0.2) is 53.3 Å². The van der Waals surface area contributed by atoms with Gasteiger partial charge in [0, 0.05) is 36.4 Å². The number of fused-ring (bicyclic) bond motifs is 1. The number of imidazole rings is 1. The summed E-state index contributed by atoms with van der Waals surface area (Å²) in [6.45, 7) is 1.53. The van der Waals surface area contributed by atoms with E-state index in [1.165, 1.54) is 22.2 Å². The van der Waals surface area contributed by atoms with Crippen molar-refractivity contribution >= 4 is 29.0 Å². The summed E-state index contributed by atoms with van der Waals surface area (Å²) in [6, 6.07) is 9.93. The van der Waals surface area contributed by atoms with Crippen molar-refractivity contribution < 1.29 is 9.53 Å². The average Bonchev–Trinajstić information content (AvgIpc) is 3.34. The van der Waals surface area contributed by atoms with Crippen molar-refractivity contribution in [3.05, 3.63) is 58.5 Å². The van der Waals surface area contributed by atoms with Gasteiger partial charge in [0.05, 0.1) is 18.6 Å². The van der Waals surface area contributed by atoms with E-state index in [-0.39, 0.29) is 5.91 Å². The molecule has 3 heterocycles. The fourth-order valence-electron chi connectivity index (χ4n) is 3.03. The van der Waals surface area contributed by atoms with Gasteiger partial charge in [-0.25, -0.2) is 4.98 Å². The maximum absolute atomic E-state index is 12.6. The Labute approximate surface area is 160 Å². The molecule has 26 heavy (non-hydrogen) atoms. The smallest absolute Gasteiger partial charge is 0.233 e. The Morgan fingerprint density at radius 3 is 3.19 bits per heavy atom. The number of hydrogen-bond acceptors (Lipinski definition) is 5. The molecule has 1 aliphatic heterocycles. The van der Waals surface area contributed by atoms with E-state index in [1.54, 1.807) is 24.6 Å². The Morgan fingerprint density at radius 1 is 1.38 bits per heavy atom. The molecule has 134 valence electrons. The lowest BCUT2D eigenvalue weighted by Crippen LogP contribution is -2.36. The highest BCUT2D eigenvalue weighted by atomic mass is 32.2. The molecule has 4 rings (SSSR count). The van der Waals surface area contributed by atoms with Gasteiger partial charge in [-0.05, 0) is 35.6 Å². The molecule has 1 aromatic carbocycles. The second-order valence-electron chi connectivity index (χ2n) is 6.00. The highest BCUT2D eigenvalue weighted by Gasteiger charge is 2.22. The Balaban J connectivity index is 1.43. The fourth-order valence-corrected chi connectivity index (χ4v) is 4.80. The quantitative estimate of drug-likeness (QED) is 0.630. The Kier molecular flexibility index (Phi) is 4.99. The second kappa shape index (κ2) is 7.55. The topological polar surface area (TPSA) is 47.4 Å². The third-order valence-electron chi connectivity index (χ3n) is 4.42. The minimum absolute atomic E-state index is 0.159. The zero-order valence-electron chi connectivity index (χ0n) is 14.4. The Hall–Kier alpha value is -2.25. The maximum Gasteiger partial charge on any atom is 0.233 e. The number of benzene rings is 1. The highest BCUT2D eigenvalue weighted by Crippen LogP contribution is 2.26. The van der Waals surface area contributed by atoms with Crippen LogP contribution in [0.3, 0.4) is 0 Å². The van der Waals surface area contributed by atoms with Gasteiger partial charge in [-0.2, -0.15) is 0 Å². The van der Waals surface area contributed by atoms with E-state index >= 15 is 0 Å². The number of methoxy groups -OCH3 is 1. The van der Waals surface area contributed by atoms with E-state index in [2.05, 4.69) is 16.4 Å². The fraction of sp³-hybridized carbons (Fsp3) is 0.263. The van der Waals surface area contributed by atoms with Crippen LogP contribution in [0.5, 0.6) is 5.75 Å². The van der Waals surface area contributed by atoms with Gasteiger partial charge in [0.25, 0.3) is 0 Å². The standard InChI is InChI=1S/C19H19N3O2S2/c1-24-16-4-2-3-15(11-16)22-9-7-20-19(22)26-13-18(23)21-8-5-17-14(12-21)6-10-25-17/h2-4,6-7,9-11H,5,8,12-13H2,1H3. The average molecular weight is 386 g/mol. The number of rotatable bonds is 5. The summed E-state index contributed by atoms with van der Waals surface area (Å²) >= 11 is 3.26. The number of thioether (sulfide) groups is 1. The first-order chi connectivity index (χ1) is 12.7. The molecule has 1 amide bonds. The molecule has 1 aliphatic rings. The van der Waals surface area contributed by atoms with Crippen LogP contribution in [-0.4, -0.2) is 39.8 Å². The molecular weight excluding hydrogens is 366 g/mol. The van der Waals surface area contributed by atoms with E-state index in [1.807, 2.05) is 39.9 Å². The van der Waals surface area contributed by atoms with Gasteiger partial charge in [-0.1, -0.05) is 17.8 Å². The first-order valence-electron chi connectivity index (χ1n) is 8.38. The largest absolute Gasteiger partial charge is 0.497 e. The molecule has 0 N–H and O–H groups in total. The monoisotopic (exact) mass is 385 g/mol. The van der Waals surface area contributed by atoms with Gasteiger partial charge in [-0.15, -0.1) is 11.3 Å². The molecule has 0 spiro atoms. The Morgan fingerprint density at radius 2 is 2.31 bits per heavy atom. The number of thiophene rings is 1. The van der Waals surface area contributed by atoms with Gasteiger partial charge in [0.1, 0.15) is 5.75 Å². The van der Waals surface area contributed by atoms with Crippen molar-refractivity contribution in [3.8, 4) is 11.4 Å². The first-order valence-corrected chi connectivity index (χ1v) is 10.2. The summed E-state index contributed by atoms with van der Waals surface area (Å²) in [7, 11) is 1.65. The lowest BCUT2D eigenvalue weighted by molar-refractivity contribution is -0.129. The molecule has 0 radical (unpaired) electrons. The summed E-state index contributed by atoms with van der Waals surface area (Å²) < 4.78 is 7.27. The summed E-state index contributed by atoms with van der Waals surface area (Å²) in [6.07, 6.45) is 4.62. The molecule has 7 heteroatoms. The number of nitrogens with zero attached hydrogens (tertiary/aromatic N) is 3. The lowest BCUT2D eigenvalue weighted by atomic mass is 10.1. The number of ether oxygens (including phenoxy) is 1. The molecule has 0 saturated heterocycles. The van der Waals surface area contributed by atoms with E-state index in [0.717, 1.165) is 36.1 Å². The molecule has 0 unspecified atom stereocenters. The number of carbonyl (C=O) groups excluding carboxylic acids is 1. The van der Waals surface area contributed by atoms with Crippen molar-refractivity contribution in [3.63, 3.8) is 0 Å². The Bertz CT molecular complexity index is 919. The second-order valence-corrected chi connectivity index (χ2v) is 7.95. The van der Waals surface area contributed by atoms with Crippen LogP contribution in [0.4, 0.5) is 0 Å². The number of hydrogen-bond donors (Lipinski definition) is 0. The third kappa shape index (κ3) is 3.50. The van der Waals surface area contributed by atoms with Crippen LogP contribution in [0.1, 0.15) is 10.4 Å². The molecule has 0 fully saturated rings. The lowest BCUT2D eigenvalue weighted by Gasteiger charge is -2.26. The molecule has 5 nitrogen and oxygen atoms in total. The van der Waals surface area contributed by atoms with E-state index in [4.69, 9.17) is 4.74 Å². The maximum atomic E-state index is 12.6. The zero-order valence-corrected chi connectivity index (χ0v) is 16.1. The summed E-state index contributed by atoms with van der Waals surface area (Å²) in [4.78, 5) is 20.4. The molecule has 0 bridgehead atoms. The van der Waals surface area contributed by atoms with Crippen LogP contribution in [0, 0.1) is 0 Å². The minimum Gasteiger partial charge on any atom is -0.497 e. The SMILES string of the molecule is COc1cccc(-n2ccnc2SCC(=O)N2CCc3sccc3C2)c1. The van der Waals surface area contributed by atoms with Gasteiger partial charge in [0.15, 0.2) is 5.16 Å². The van der Waals surface area contributed by atoms with Crippen molar-refractivity contribution in [2.45, 2.75) is 18.1 Å². The van der Waals surface area contributed by atoms with Crippen LogP contribution in [0.2, 0.25) is 0 Å². The molecule has 0 saturated carbocycles. The predicted molar refractivity (Wildman–Crippen MR) is 104 cm³/mol. The van der Waals surface area contributed by atoms with Crippen LogP contribution < -0.4 is 4.74 Å². The van der Waals surface area contributed by atoms with E-state index in [0.29, 0.717) is 5.75 Å². The number of carbonyl (C=O) groups is 1. The van der Waals surface area contributed by atoms with Crippen LogP contribution in [0.25, 0.3) is 5.69 Å². The minimum atomic E-state index is 0.159. The molecule has 2 aromatic heterocycles. The number of amides is 1. The first kappa shape index (κ1) is 17.2. The molecule has 0 atom stereocenters. The van der Waals surface area contributed by atoms with E-state index < -0.39 is 0 Å². The summed E-state index contributed by atoms with van der Waals surface area (Å²) in [5.74, 6) is 1.34. The van der Waals surface area contributed by atoms with Crippen molar-refractivity contribution in [1.29, 1.82) is 0 Å². The molecular formula is C19H19N3O2S2. The van der Waals surface area contributed by atoms with Crippen molar-refractivity contribution in [1.82, 2.24) is 14.5 Å². The van der Waals surface area contributed by atoms with Crippen LogP contribution in [-0.2, 0) is 17.8 Å². The van der Waals surface area contributed by atoms with Gasteiger partial charge >= 0.3 is 0 Å². The van der Waals surface area contributed by atoms with Gasteiger partial charge < -0.3 is 9.64 Å². The number of aromatic nitrogens is 2. The van der Waals surface area contributed by atoms with Gasteiger partial charge in [0.2, 0.25) is 5.91 Å². The summed E-state index contributed by atoms with van der Waals surface area (Å²) in [5.41, 5.74) is 2.26. The van der Waals surface area contributed by atoms with Gasteiger partial charge in [-0.3, -0.25) is 9.36 Å². The molecule has 0 aliphatic carbocycles. The van der Waals surface area contributed by atoms with Crippen molar-refractivity contribution in [2.75, 3.05) is 19.4 Å². The highest BCUT2D eigenvalue weighted by molar-refractivity contribution is 7.99. The zero-order chi connectivity index (χ0) is 17.9. The van der Waals surface area contributed by atoms with E-state index in [9.17, 15) is 4.79 Å². The van der Waals surface area contributed by atoms with Crippen LogP contribution >= 0.6 is 23.1 Å². The molecule has 3 aromatic rings. The predicted octanol–water partition coefficient (Wildman–Crippen LogP) is 3.62. The third-order valence-corrected chi connectivity index (χ3v) is 6.40. The normalized spacial score (nSPS) is 13.5. The summed E-state index contributed by atoms with van der Waals surface area (Å²) in [5, 5.41) is 2.91. The van der Waals surface area contributed by atoms with Crippen molar-refractivity contribution in [2.24, 2.45) is 0 Å².